The van der Waals surface area contributed by atoms with Crippen LogP contribution in [0.25, 0.3) is 0 Å². The van der Waals surface area contributed by atoms with Gasteiger partial charge < -0.3 is 15.5 Å². The Kier molecular flexibility index (Phi) is 9.66. The van der Waals surface area contributed by atoms with E-state index < -0.39 is 0 Å². The van der Waals surface area contributed by atoms with E-state index in [1.165, 1.54) is 18.4 Å². The molecule has 2 aromatic rings. The number of aliphatic imine (C=N–C) groups is 1. The van der Waals surface area contributed by atoms with Gasteiger partial charge in [-0.25, -0.2) is 4.98 Å². The summed E-state index contributed by atoms with van der Waals surface area (Å²) >= 11 is 0. The number of likely N-dealkylation sites (tertiary alicyclic amines) is 1. The zero-order chi connectivity index (χ0) is 19.8. The van der Waals surface area contributed by atoms with Gasteiger partial charge in [-0.3, -0.25) is 9.89 Å². The number of halogens is 1. The molecule has 1 aliphatic rings. The van der Waals surface area contributed by atoms with Crippen LogP contribution in [0.15, 0.2) is 53.7 Å². The zero-order valence-corrected chi connectivity index (χ0v) is 20.0. The largest absolute Gasteiger partial charge is 0.362 e. The van der Waals surface area contributed by atoms with Gasteiger partial charge in [-0.05, 0) is 31.0 Å². The van der Waals surface area contributed by atoms with Crippen molar-refractivity contribution in [2.24, 2.45) is 4.99 Å². The second kappa shape index (κ2) is 12.0. The van der Waals surface area contributed by atoms with Gasteiger partial charge in [0.1, 0.15) is 5.82 Å². The summed E-state index contributed by atoms with van der Waals surface area (Å²) in [7, 11) is 5.85. The summed E-state index contributed by atoms with van der Waals surface area (Å²) in [6, 6.07) is 15.3. The number of aromatic nitrogens is 1. The molecule has 2 N–H and O–H groups in total. The Morgan fingerprint density at radius 2 is 1.97 bits per heavy atom. The van der Waals surface area contributed by atoms with E-state index in [1.807, 2.05) is 38.3 Å². The van der Waals surface area contributed by atoms with Crippen LogP contribution in [-0.2, 0) is 13.1 Å². The van der Waals surface area contributed by atoms with Crippen LogP contribution in [0.3, 0.4) is 0 Å². The second-order valence-corrected chi connectivity index (χ2v) is 7.44. The second-order valence-electron chi connectivity index (χ2n) is 7.44. The molecule has 1 atom stereocenters. The third kappa shape index (κ3) is 6.85. The van der Waals surface area contributed by atoms with E-state index in [-0.39, 0.29) is 24.0 Å². The number of nitrogens with one attached hydrogen (secondary N) is 2. The molecule has 0 spiro atoms. The molecule has 0 aliphatic carbocycles. The monoisotopic (exact) mass is 508 g/mol. The number of benzene rings is 1. The average molecular weight is 508 g/mol. The molecule has 0 bridgehead atoms. The standard InChI is InChI=1S/C22H32N6.HI/c1-23-22(25-15-19-11-7-13-24-21(19)27(2)3)26-16-20-12-8-14-28(20)17-18-9-5-4-6-10-18;/h4-7,9-11,13,20H,8,12,14-17H2,1-3H3,(H2,23,25,26);1H. The van der Waals surface area contributed by atoms with Crippen molar-refractivity contribution in [1.29, 1.82) is 0 Å². The van der Waals surface area contributed by atoms with Gasteiger partial charge in [-0.2, -0.15) is 0 Å². The van der Waals surface area contributed by atoms with Crippen molar-refractivity contribution in [3.05, 3.63) is 59.8 Å². The predicted octanol–water partition coefficient (Wildman–Crippen LogP) is 3.10. The van der Waals surface area contributed by atoms with E-state index in [2.05, 4.69) is 61.9 Å². The van der Waals surface area contributed by atoms with E-state index in [1.54, 1.807) is 0 Å². The molecule has 3 rings (SSSR count). The van der Waals surface area contributed by atoms with Crippen molar-refractivity contribution < 1.29 is 0 Å². The van der Waals surface area contributed by atoms with Gasteiger partial charge in [-0.15, -0.1) is 24.0 Å². The molecule has 0 radical (unpaired) electrons. The van der Waals surface area contributed by atoms with Gasteiger partial charge in [0, 0.05) is 58.6 Å². The molecular weight excluding hydrogens is 475 g/mol. The first kappa shape index (κ1) is 23.4. The highest BCUT2D eigenvalue weighted by Crippen LogP contribution is 2.19. The van der Waals surface area contributed by atoms with Gasteiger partial charge in [0.2, 0.25) is 0 Å². The molecule has 7 heteroatoms. The van der Waals surface area contributed by atoms with Gasteiger partial charge in [0.05, 0.1) is 0 Å². The zero-order valence-electron chi connectivity index (χ0n) is 17.6. The van der Waals surface area contributed by atoms with Crippen LogP contribution in [-0.4, -0.2) is 56.1 Å². The van der Waals surface area contributed by atoms with Crippen LogP contribution in [0.1, 0.15) is 24.0 Å². The first-order valence-electron chi connectivity index (χ1n) is 10.0. The highest BCUT2D eigenvalue weighted by molar-refractivity contribution is 14.0. The summed E-state index contributed by atoms with van der Waals surface area (Å²) < 4.78 is 0. The first-order valence-corrected chi connectivity index (χ1v) is 10.0. The predicted molar refractivity (Wildman–Crippen MR) is 132 cm³/mol. The lowest BCUT2D eigenvalue weighted by atomic mass is 10.2. The third-order valence-electron chi connectivity index (χ3n) is 5.19. The molecule has 1 aromatic heterocycles. The summed E-state index contributed by atoms with van der Waals surface area (Å²) in [6.45, 7) is 3.77. The molecule has 2 heterocycles. The van der Waals surface area contributed by atoms with Crippen molar-refractivity contribution in [3.63, 3.8) is 0 Å². The highest BCUT2D eigenvalue weighted by atomic mass is 127. The molecule has 1 saturated heterocycles. The lowest BCUT2D eigenvalue weighted by Crippen LogP contribution is -2.44. The molecule has 6 nitrogen and oxygen atoms in total. The van der Waals surface area contributed by atoms with Crippen LogP contribution in [0, 0.1) is 0 Å². The molecule has 1 fully saturated rings. The molecule has 0 amide bonds. The van der Waals surface area contributed by atoms with Gasteiger partial charge >= 0.3 is 0 Å². The number of hydrogen-bond acceptors (Lipinski definition) is 4. The van der Waals surface area contributed by atoms with Crippen LogP contribution in [0.5, 0.6) is 0 Å². The summed E-state index contributed by atoms with van der Waals surface area (Å²) in [5.41, 5.74) is 2.53. The van der Waals surface area contributed by atoms with Gasteiger partial charge in [-0.1, -0.05) is 36.4 Å². The Bertz CT molecular complexity index is 765. The van der Waals surface area contributed by atoms with E-state index in [4.69, 9.17) is 0 Å². The Morgan fingerprint density at radius 1 is 1.17 bits per heavy atom. The summed E-state index contributed by atoms with van der Waals surface area (Å²) in [6.07, 6.45) is 4.31. The summed E-state index contributed by atoms with van der Waals surface area (Å²) in [4.78, 5) is 13.5. The van der Waals surface area contributed by atoms with E-state index in [0.717, 1.165) is 37.0 Å². The normalized spacial score (nSPS) is 16.9. The Hall–Kier alpha value is -1.87. The van der Waals surface area contributed by atoms with Crippen molar-refractivity contribution in [2.75, 3.05) is 39.1 Å². The molecule has 1 aromatic carbocycles. The molecular formula is C22H33IN6. The first-order chi connectivity index (χ1) is 13.7. The summed E-state index contributed by atoms with van der Waals surface area (Å²) in [5, 5.41) is 6.93. The van der Waals surface area contributed by atoms with Crippen molar-refractivity contribution in [1.82, 2.24) is 20.5 Å². The fraction of sp³-hybridized carbons (Fsp3) is 0.455. The fourth-order valence-electron chi connectivity index (χ4n) is 3.74. The minimum atomic E-state index is 0. The summed E-state index contributed by atoms with van der Waals surface area (Å²) in [5.74, 6) is 1.82. The van der Waals surface area contributed by atoms with E-state index >= 15 is 0 Å². The average Bonchev–Trinajstić information content (AvgIpc) is 3.16. The maximum atomic E-state index is 4.46. The smallest absolute Gasteiger partial charge is 0.191 e. The minimum Gasteiger partial charge on any atom is -0.362 e. The molecule has 1 aliphatic heterocycles. The topological polar surface area (TPSA) is 55.8 Å². The van der Waals surface area contributed by atoms with Gasteiger partial charge in [0.15, 0.2) is 5.96 Å². The number of rotatable bonds is 7. The quantitative estimate of drug-likeness (QED) is 0.342. The van der Waals surface area contributed by atoms with Crippen LogP contribution >= 0.6 is 24.0 Å². The number of hydrogen-bond donors (Lipinski definition) is 2. The number of guanidine groups is 1. The lowest BCUT2D eigenvalue weighted by molar-refractivity contribution is 0.245. The van der Waals surface area contributed by atoms with Gasteiger partial charge in [0.25, 0.3) is 0 Å². The molecule has 0 saturated carbocycles. The molecule has 29 heavy (non-hydrogen) atoms. The van der Waals surface area contributed by atoms with E-state index in [9.17, 15) is 0 Å². The van der Waals surface area contributed by atoms with Crippen molar-refractivity contribution in [3.8, 4) is 0 Å². The number of nitrogens with zero attached hydrogens (tertiary/aromatic N) is 4. The van der Waals surface area contributed by atoms with Crippen LogP contribution in [0.4, 0.5) is 5.82 Å². The van der Waals surface area contributed by atoms with Crippen LogP contribution in [0.2, 0.25) is 0 Å². The molecule has 1 unspecified atom stereocenters. The Morgan fingerprint density at radius 3 is 2.69 bits per heavy atom. The Balaban J connectivity index is 0.00000300. The fourth-order valence-corrected chi connectivity index (χ4v) is 3.74. The number of pyridine rings is 1. The highest BCUT2D eigenvalue weighted by Gasteiger charge is 2.24. The maximum absolute atomic E-state index is 4.46. The lowest BCUT2D eigenvalue weighted by Gasteiger charge is -2.25. The molecule has 158 valence electrons. The Labute approximate surface area is 191 Å². The van der Waals surface area contributed by atoms with Crippen LogP contribution < -0.4 is 15.5 Å². The van der Waals surface area contributed by atoms with Crippen molar-refractivity contribution >= 4 is 35.8 Å². The SMILES string of the molecule is CN=C(NCc1cccnc1N(C)C)NCC1CCCN1Cc1ccccc1.I. The van der Waals surface area contributed by atoms with E-state index in [0.29, 0.717) is 12.6 Å². The minimum absolute atomic E-state index is 0. The number of anilines is 1. The third-order valence-corrected chi connectivity index (χ3v) is 5.19. The van der Waals surface area contributed by atoms with Crippen molar-refractivity contribution in [2.45, 2.75) is 32.0 Å². The maximum Gasteiger partial charge on any atom is 0.191 e.